The van der Waals surface area contributed by atoms with Gasteiger partial charge in [-0.1, -0.05) is 37.3 Å². The first-order chi connectivity index (χ1) is 11.0. The predicted molar refractivity (Wildman–Crippen MR) is 93.1 cm³/mol. The highest BCUT2D eigenvalue weighted by molar-refractivity contribution is 7.10. The van der Waals surface area contributed by atoms with E-state index in [4.69, 9.17) is 0 Å². The van der Waals surface area contributed by atoms with Crippen molar-refractivity contribution in [2.75, 3.05) is 7.05 Å². The third-order valence-corrected chi connectivity index (χ3v) is 4.74. The molecule has 0 aliphatic heterocycles. The minimum absolute atomic E-state index is 0.106. The molecule has 1 atom stereocenters. The third-order valence-electron chi connectivity index (χ3n) is 3.73. The SMILES string of the molecule is CCC(=O)N[C@@H](C(=O)N(C)Cc1sccc1C)c1ccccc1. The van der Waals surface area contributed by atoms with Crippen LogP contribution in [0.5, 0.6) is 0 Å². The van der Waals surface area contributed by atoms with Gasteiger partial charge >= 0.3 is 0 Å². The number of thiophene rings is 1. The van der Waals surface area contributed by atoms with Gasteiger partial charge < -0.3 is 10.2 Å². The highest BCUT2D eigenvalue weighted by Gasteiger charge is 2.25. The van der Waals surface area contributed by atoms with Crippen LogP contribution >= 0.6 is 11.3 Å². The highest BCUT2D eigenvalue weighted by atomic mass is 32.1. The molecule has 2 amide bonds. The number of likely N-dealkylation sites (N-methyl/N-ethyl adjacent to an activating group) is 1. The van der Waals surface area contributed by atoms with Gasteiger partial charge in [-0.3, -0.25) is 9.59 Å². The number of hydrogen-bond acceptors (Lipinski definition) is 3. The minimum atomic E-state index is -0.645. The Balaban J connectivity index is 2.18. The first-order valence-corrected chi connectivity index (χ1v) is 8.53. The molecule has 1 aromatic carbocycles. The normalized spacial score (nSPS) is 11.8. The molecule has 0 radical (unpaired) electrons. The Labute approximate surface area is 141 Å². The van der Waals surface area contributed by atoms with Gasteiger partial charge in [0.1, 0.15) is 6.04 Å². The lowest BCUT2D eigenvalue weighted by molar-refractivity contribution is -0.136. The first kappa shape index (κ1) is 17.2. The summed E-state index contributed by atoms with van der Waals surface area (Å²) in [6.45, 7) is 4.37. The predicted octanol–water partition coefficient (Wildman–Crippen LogP) is 3.28. The molecule has 23 heavy (non-hydrogen) atoms. The molecule has 0 bridgehead atoms. The van der Waals surface area contributed by atoms with E-state index in [9.17, 15) is 9.59 Å². The van der Waals surface area contributed by atoms with Gasteiger partial charge in [0, 0.05) is 18.3 Å². The van der Waals surface area contributed by atoms with Crippen LogP contribution in [0.15, 0.2) is 41.8 Å². The number of aryl methyl sites for hydroxylation is 1. The Hall–Kier alpha value is -2.14. The Kier molecular flexibility index (Phi) is 5.93. The molecule has 4 nitrogen and oxygen atoms in total. The van der Waals surface area contributed by atoms with E-state index in [-0.39, 0.29) is 11.8 Å². The molecule has 122 valence electrons. The van der Waals surface area contributed by atoms with E-state index in [1.165, 1.54) is 5.56 Å². The summed E-state index contributed by atoms with van der Waals surface area (Å²) in [4.78, 5) is 27.5. The maximum atomic E-state index is 12.8. The fourth-order valence-electron chi connectivity index (χ4n) is 2.28. The Morgan fingerprint density at radius 2 is 1.91 bits per heavy atom. The minimum Gasteiger partial charge on any atom is -0.341 e. The molecule has 0 unspecified atom stereocenters. The van der Waals surface area contributed by atoms with Gasteiger partial charge in [-0.2, -0.15) is 0 Å². The number of benzene rings is 1. The van der Waals surface area contributed by atoms with Crippen LogP contribution in [-0.4, -0.2) is 23.8 Å². The van der Waals surface area contributed by atoms with Crippen LogP contribution in [0.1, 0.15) is 35.4 Å². The molecular weight excluding hydrogens is 308 g/mol. The summed E-state index contributed by atoms with van der Waals surface area (Å²) in [6, 6.07) is 10.8. The van der Waals surface area contributed by atoms with Crippen LogP contribution < -0.4 is 5.32 Å². The number of rotatable bonds is 6. The van der Waals surface area contributed by atoms with Crippen molar-refractivity contribution < 1.29 is 9.59 Å². The van der Waals surface area contributed by atoms with Crippen LogP contribution in [0.3, 0.4) is 0 Å². The summed E-state index contributed by atoms with van der Waals surface area (Å²) in [5, 5.41) is 4.86. The van der Waals surface area contributed by atoms with Crippen molar-refractivity contribution in [2.45, 2.75) is 32.9 Å². The summed E-state index contributed by atoms with van der Waals surface area (Å²) >= 11 is 1.64. The van der Waals surface area contributed by atoms with Crippen molar-refractivity contribution in [3.8, 4) is 0 Å². The largest absolute Gasteiger partial charge is 0.341 e. The van der Waals surface area contributed by atoms with Crippen LogP contribution in [0.25, 0.3) is 0 Å². The molecule has 5 heteroatoms. The van der Waals surface area contributed by atoms with E-state index < -0.39 is 6.04 Å². The number of nitrogens with one attached hydrogen (secondary N) is 1. The molecule has 0 aliphatic rings. The van der Waals surface area contributed by atoms with Crippen molar-refractivity contribution in [1.29, 1.82) is 0 Å². The van der Waals surface area contributed by atoms with E-state index in [2.05, 4.69) is 5.32 Å². The van der Waals surface area contributed by atoms with Crippen molar-refractivity contribution >= 4 is 23.2 Å². The van der Waals surface area contributed by atoms with Gasteiger partial charge in [0.15, 0.2) is 0 Å². The quantitative estimate of drug-likeness (QED) is 0.883. The van der Waals surface area contributed by atoms with Crippen LogP contribution in [-0.2, 0) is 16.1 Å². The smallest absolute Gasteiger partial charge is 0.249 e. The van der Waals surface area contributed by atoms with Crippen molar-refractivity contribution in [1.82, 2.24) is 10.2 Å². The topological polar surface area (TPSA) is 49.4 Å². The average molecular weight is 330 g/mol. The lowest BCUT2D eigenvalue weighted by Crippen LogP contribution is -2.40. The van der Waals surface area contributed by atoms with E-state index in [0.717, 1.165) is 10.4 Å². The molecule has 2 rings (SSSR count). The summed E-state index contributed by atoms with van der Waals surface area (Å²) in [7, 11) is 1.77. The Morgan fingerprint density at radius 1 is 1.22 bits per heavy atom. The molecule has 1 aromatic heterocycles. The molecular formula is C18H22N2O2S. The fraction of sp³-hybridized carbons (Fsp3) is 0.333. The second-order valence-corrected chi connectivity index (χ2v) is 6.49. The Bertz CT molecular complexity index is 667. The van der Waals surface area contributed by atoms with Crippen LogP contribution in [0.2, 0.25) is 0 Å². The fourth-order valence-corrected chi connectivity index (χ4v) is 3.23. The zero-order valence-corrected chi connectivity index (χ0v) is 14.5. The van der Waals surface area contributed by atoms with Gasteiger partial charge in [-0.15, -0.1) is 11.3 Å². The van der Waals surface area contributed by atoms with Gasteiger partial charge in [-0.25, -0.2) is 0 Å². The van der Waals surface area contributed by atoms with Crippen molar-refractivity contribution in [2.24, 2.45) is 0 Å². The van der Waals surface area contributed by atoms with Crippen LogP contribution in [0.4, 0.5) is 0 Å². The molecule has 1 heterocycles. The first-order valence-electron chi connectivity index (χ1n) is 7.65. The van der Waals surface area contributed by atoms with Crippen molar-refractivity contribution in [3.05, 3.63) is 57.8 Å². The molecule has 0 aliphatic carbocycles. The maximum absolute atomic E-state index is 12.8. The van der Waals surface area contributed by atoms with Gasteiger partial charge in [0.25, 0.3) is 0 Å². The lowest BCUT2D eigenvalue weighted by atomic mass is 10.1. The summed E-state index contributed by atoms with van der Waals surface area (Å²) in [5.41, 5.74) is 1.98. The van der Waals surface area contributed by atoms with E-state index in [0.29, 0.717) is 13.0 Å². The lowest BCUT2D eigenvalue weighted by Gasteiger charge is -2.25. The van der Waals surface area contributed by atoms with Gasteiger partial charge in [0.05, 0.1) is 6.54 Å². The molecule has 2 aromatic rings. The van der Waals surface area contributed by atoms with E-state index in [1.54, 1.807) is 30.2 Å². The number of amides is 2. The van der Waals surface area contributed by atoms with E-state index in [1.807, 2.05) is 48.7 Å². The Morgan fingerprint density at radius 3 is 2.48 bits per heavy atom. The monoisotopic (exact) mass is 330 g/mol. The second kappa shape index (κ2) is 7.92. The molecule has 0 saturated carbocycles. The molecule has 1 N–H and O–H groups in total. The zero-order valence-electron chi connectivity index (χ0n) is 13.7. The number of carbonyl (C=O) groups excluding carboxylic acids is 2. The molecule has 0 saturated heterocycles. The second-order valence-electron chi connectivity index (χ2n) is 5.49. The van der Waals surface area contributed by atoms with Crippen molar-refractivity contribution in [3.63, 3.8) is 0 Å². The summed E-state index contributed by atoms with van der Waals surface area (Å²) in [5.74, 6) is -0.237. The van der Waals surface area contributed by atoms with Gasteiger partial charge in [-0.05, 0) is 29.5 Å². The summed E-state index contributed by atoms with van der Waals surface area (Å²) < 4.78 is 0. The molecule has 0 fully saturated rings. The number of hydrogen-bond donors (Lipinski definition) is 1. The molecule has 0 spiro atoms. The maximum Gasteiger partial charge on any atom is 0.249 e. The average Bonchev–Trinajstić information content (AvgIpc) is 2.97. The number of carbonyl (C=O) groups is 2. The third kappa shape index (κ3) is 4.42. The highest BCUT2D eigenvalue weighted by Crippen LogP contribution is 2.20. The van der Waals surface area contributed by atoms with Gasteiger partial charge in [0.2, 0.25) is 11.8 Å². The summed E-state index contributed by atoms with van der Waals surface area (Å²) in [6.07, 6.45) is 0.352. The zero-order chi connectivity index (χ0) is 16.8. The number of nitrogens with zero attached hydrogens (tertiary/aromatic N) is 1. The standard InChI is InChI=1S/C18H22N2O2S/c1-4-16(21)19-17(14-8-6-5-7-9-14)18(22)20(3)12-15-13(2)10-11-23-15/h5-11,17H,4,12H2,1-3H3,(H,19,21)/t17-/m1/s1. The van der Waals surface area contributed by atoms with Crippen LogP contribution in [0, 0.1) is 6.92 Å². The van der Waals surface area contributed by atoms with E-state index >= 15 is 0 Å².